The summed E-state index contributed by atoms with van der Waals surface area (Å²) in [6.45, 7) is 15.7. The molecule has 0 amide bonds. The summed E-state index contributed by atoms with van der Waals surface area (Å²) in [5.41, 5.74) is 1.08. The first-order valence-electron chi connectivity index (χ1n) is 12.8. The summed E-state index contributed by atoms with van der Waals surface area (Å²) in [5.74, 6) is -1.01. The second-order valence-electron chi connectivity index (χ2n) is 11.5. The number of aromatic nitrogens is 1. The number of aromatic carboxylic acids is 1. The Balaban J connectivity index is 2.14. The third-order valence-electron chi connectivity index (χ3n) is 7.53. The third-order valence-corrected chi connectivity index (χ3v) is 12.0. The number of carboxylic acids is 1. The fraction of sp³-hybridized carbons (Fsp3) is 0.448. The Hall–Kier alpha value is -3.17. The number of ether oxygens (including phenoxy) is 1. The van der Waals surface area contributed by atoms with E-state index in [1.165, 1.54) is 18.3 Å². The summed E-state index contributed by atoms with van der Waals surface area (Å²) in [6, 6.07) is 9.27. The molecule has 0 bridgehead atoms. The number of pyridine rings is 1. The van der Waals surface area contributed by atoms with Crippen LogP contribution in [0.25, 0.3) is 10.9 Å². The van der Waals surface area contributed by atoms with Gasteiger partial charge in [-0.05, 0) is 47.8 Å². The van der Waals surface area contributed by atoms with E-state index in [2.05, 4.69) is 53.0 Å². The molecular formula is C29H39FN2O5Si. The monoisotopic (exact) mass is 542 g/mol. The van der Waals surface area contributed by atoms with E-state index in [0.29, 0.717) is 30.1 Å². The van der Waals surface area contributed by atoms with Crippen molar-refractivity contribution < 1.29 is 23.5 Å². The molecule has 1 unspecified atom stereocenters. The van der Waals surface area contributed by atoms with Gasteiger partial charge in [-0.3, -0.25) is 4.79 Å². The predicted molar refractivity (Wildman–Crippen MR) is 152 cm³/mol. The van der Waals surface area contributed by atoms with Crippen molar-refractivity contribution in [1.82, 2.24) is 4.57 Å². The SMILES string of the molecule is COc1cc2c(cc1NCc1ccc(F)cc1)c(=O)c(C(=O)O)cn2C(CO[Si](C)(C)C(C)(C)C)C(C)C. The van der Waals surface area contributed by atoms with Crippen LogP contribution < -0.4 is 15.5 Å². The molecule has 7 nitrogen and oxygen atoms in total. The number of hydrogen-bond donors (Lipinski definition) is 2. The molecule has 0 aliphatic heterocycles. The molecular weight excluding hydrogens is 503 g/mol. The zero-order chi connectivity index (χ0) is 28.4. The van der Waals surface area contributed by atoms with Gasteiger partial charge in [-0.25, -0.2) is 9.18 Å². The van der Waals surface area contributed by atoms with Gasteiger partial charge in [-0.2, -0.15) is 0 Å². The van der Waals surface area contributed by atoms with E-state index in [4.69, 9.17) is 9.16 Å². The fourth-order valence-electron chi connectivity index (χ4n) is 4.01. The second-order valence-corrected chi connectivity index (χ2v) is 16.3. The molecule has 3 rings (SSSR count). The lowest BCUT2D eigenvalue weighted by Gasteiger charge is -2.38. The highest BCUT2D eigenvalue weighted by atomic mass is 28.4. The first-order valence-corrected chi connectivity index (χ1v) is 15.7. The maximum absolute atomic E-state index is 13.3. The number of halogens is 1. The number of carboxylic acid groups (broad SMARTS) is 1. The van der Waals surface area contributed by atoms with E-state index in [1.54, 1.807) is 31.4 Å². The van der Waals surface area contributed by atoms with Crippen LogP contribution in [0.15, 0.2) is 47.4 Å². The molecule has 0 fully saturated rings. The summed E-state index contributed by atoms with van der Waals surface area (Å²) in [7, 11) is -0.543. The van der Waals surface area contributed by atoms with E-state index >= 15 is 0 Å². The van der Waals surface area contributed by atoms with E-state index in [-0.39, 0.29) is 33.8 Å². The third kappa shape index (κ3) is 6.27. The van der Waals surface area contributed by atoms with E-state index in [1.807, 2.05) is 4.57 Å². The van der Waals surface area contributed by atoms with Crippen molar-refractivity contribution in [2.75, 3.05) is 19.0 Å². The Morgan fingerprint density at radius 1 is 1.16 bits per heavy atom. The minimum atomic E-state index is -2.08. The van der Waals surface area contributed by atoms with Crippen molar-refractivity contribution in [2.24, 2.45) is 5.92 Å². The Labute approximate surface area is 224 Å². The van der Waals surface area contributed by atoms with E-state index in [9.17, 15) is 19.1 Å². The quantitative estimate of drug-likeness (QED) is 0.278. The molecule has 2 aromatic carbocycles. The molecule has 2 N–H and O–H groups in total. The molecule has 0 saturated heterocycles. The summed E-state index contributed by atoms with van der Waals surface area (Å²) >= 11 is 0. The molecule has 0 saturated carbocycles. The van der Waals surface area contributed by atoms with Crippen molar-refractivity contribution in [1.29, 1.82) is 0 Å². The van der Waals surface area contributed by atoms with Crippen LogP contribution in [0.4, 0.5) is 10.1 Å². The van der Waals surface area contributed by atoms with Crippen LogP contribution in [-0.2, 0) is 11.0 Å². The molecule has 1 aromatic heterocycles. The Morgan fingerprint density at radius 2 is 1.79 bits per heavy atom. The van der Waals surface area contributed by atoms with Crippen LogP contribution >= 0.6 is 0 Å². The topological polar surface area (TPSA) is 89.8 Å². The van der Waals surface area contributed by atoms with Gasteiger partial charge in [0, 0.05) is 24.2 Å². The lowest BCUT2D eigenvalue weighted by Crippen LogP contribution is -2.42. The first kappa shape index (κ1) is 29.4. The molecule has 206 valence electrons. The number of anilines is 1. The molecule has 1 atom stereocenters. The first-order chi connectivity index (χ1) is 17.7. The van der Waals surface area contributed by atoms with Gasteiger partial charge < -0.3 is 24.2 Å². The van der Waals surface area contributed by atoms with Gasteiger partial charge in [0.25, 0.3) is 0 Å². The number of rotatable bonds is 10. The average molecular weight is 543 g/mol. The molecule has 0 radical (unpaired) electrons. The van der Waals surface area contributed by atoms with Gasteiger partial charge in [-0.15, -0.1) is 0 Å². The predicted octanol–water partition coefficient (Wildman–Crippen LogP) is 6.68. The van der Waals surface area contributed by atoms with E-state index in [0.717, 1.165) is 5.56 Å². The zero-order valence-corrected chi connectivity index (χ0v) is 24.5. The highest BCUT2D eigenvalue weighted by Crippen LogP contribution is 2.38. The van der Waals surface area contributed by atoms with Crippen LogP contribution in [0.2, 0.25) is 18.1 Å². The number of carbonyl (C=O) groups is 1. The molecule has 9 heteroatoms. The van der Waals surface area contributed by atoms with Crippen LogP contribution in [0.5, 0.6) is 5.75 Å². The summed E-state index contributed by atoms with van der Waals surface area (Å²) in [6.07, 6.45) is 1.43. The zero-order valence-electron chi connectivity index (χ0n) is 23.5. The number of fused-ring (bicyclic) bond motifs is 1. The highest BCUT2D eigenvalue weighted by Gasteiger charge is 2.38. The molecule has 0 spiro atoms. The number of benzene rings is 2. The fourth-order valence-corrected chi connectivity index (χ4v) is 5.03. The number of nitrogens with one attached hydrogen (secondary N) is 1. The maximum Gasteiger partial charge on any atom is 0.341 e. The smallest absolute Gasteiger partial charge is 0.341 e. The summed E-state index contributed by atoms with van der Waals surface area (Å²) in [5, 5.41) is 13.4. The molecule has 3 aromatic rings. The molecule has 0 aliphatic carbocycles. The van der Waals surface area contributed by atoms with Crippen molar-refractivity contribution in [2.45, 2.75) is 65.3 Å². The largest absolute Gasteiger partial charge is 0.495 e. The minimum absolute atomic E-state index is 0.0146. The normalized spacial score (nSPS) is 13.1. The van der Waals surface area contributed by atoms with Gasteiger partial charge in [0.1, 0.15) is 17.1 Å². The Bertz CT molecular complexity index is 1360. The number of hydrogen-bond acceptors (Lipinski definition) is 5. The summed E-state index contributed by atoms with van der Waals surface area (Å²) < 4.78 is 27.4. The standard InChI is InChI=1S/C29H39FN2O5Si/c1-18(2)25(17-37-38(7,8)29(3,4)5)32-16-22(28(34)35)27(33)21-13-23(26(36-6)14-24(21)32)31-15-19-9-11-20(30)12-10-19/h9-14,16,18,25,31H,15,17H2,1-8H3,(H,34,35). The second kappa shape index (κ2) is 11.3. The lowest BCUT2D eigenvalue weighted by atomic mass is 10.0. The number of nitrogens with zero attached hydrogens (tertiary/aromatic N) is 1. The van der Waals surface area contributed by atoms with Crippen LogP contribution in [0.3, 0.4) is 0 Å². The molecule has 1 heterocycles. The van der Waals surface area contributed by atoms with Crippen LogP contribution in [0.1, 0.15) is 56.6 Å². The van der Waals surface area contributed by atoms with Gasteiger partial charge in [0.05, 0.1) is 31.0 Å². The van der Waals surface area contributed by atoms with Gasteiger partial charge in [-0.1, -0.05) is 46.8 Å². The van der Waals surface area contributed by atoms with Gasteiger partial charge in [0.15, 0.2) is 8.32 Å². The molecule has 38 heavy (non-hydrogen) atoms. The highest BCUT2D eigenvalue weighted by molar-refractivity contribution is 6.74. The van der Waals surface area contributed by atoms with Crippen molar-refractivity contribution in [3.63, 3.8) is 0 Å². The van der Waals surface area contributed by atoms with Crippen LogP contribution in [0, 0.1) is 11.7 Å². The number of methoxy groups -OCH3 is 1. The van der Waals surface area contributed by atoms with Crippen molar-refractivity contribution in [3.05, 3.63) is 69.8 Å². The lowest BCUT2D eigenvalue weighted by molar-refractivity contribution is 0.0694. The van der Waals surface area contributed by atoms with Crippen molar-refractivity contribution >= 4 is 30.9 Å². The summed E-state index contributed by atoms with van der Waals surface area (Å²) in [4.78, 5) is 25.4. The Morgan fingerprint density at radius 3 is 2.32 bits per heavy atom. The maximum atomic E-state index is 13.3. The minimum Gasteiger partial charge on any atom is -0.495 e. The van der Waals surface area contributed by atoms with Crippen molar-refractivity contribution in [3.8, 4) is 5.75 Å². The van der Waals surface area contributed by atoms with Crippen LogP contribution in [-0.4, -0.2) is 37.7 Å². The van der Waals surface area contributed by atoms with Gasteiger partial charge >= 0.3 is 5.97 Å². The van der Waals surface area contributed by atoms with Gasteiger partial charge in [0.2, 0.25) is 5.43 Å². The Kier molecular flexibility index (Phi) is 8.73. The average Bonchev–Trinajstić information content (AvgIpc) is 2.83. The van der Waals surface area contributed by atoms with E-state index < -0.39 is 19.7 Å². The molecule has 0 aliphatic rings.